The minimum atomic E-state index is -0.601. The van der Waals surface area contributed by atoms with Crippen LogP contribution in [-0.4, -0.2) is 19.1 Å². The summed E-state index contributed by atoms with van der Waals surface area (Å²) in [4.78, 5) is 12.1. The molecule has 0 saturated heterocycles. The molecule has 1 amide bonds. The standard InChI is InChI=1S/C16H16N2O3/c1-20-13-5-3-2-4-10(13)8-15-16(19)18-12-7-6-11(17)9-14(12)21-15/h2-7,9,15H,8,17H2,1H3,(H,18,19). The summed E-state index contributed by atoms with van der Waals surface area (Å²) < 4.78 is 11.1. The molecule has 2 aromatic carbocycles. The van der Waals surface area contributed by atoms with Crippen molar-refractivity contribution >= 4 is 17.3 Å². The number of ether oxygens (including phenoxy) is 2. The molecule has 1 atom stereocenters. The Morgan fingerprint density at radius 3 is 2.90 bits per heavy atom. The highest BCUT2D eigenvalue weighted by molar-refractivity contribution is 5.98. The van der Waals surface area contributed by atoms with Crippen molar-refractivity contribution in [3.05, 3.63) is 48.0 Å². The molecule has 2 aromatic rings. The molecule has 21 heavy (non-hydrogen) atoms. The summed E-state index contributed by atoms with van der Waals surface area (Å²) in [5.74, 6) is 1.17. The second kappa shape index (κ2) is 5.36. The van der Waals surface area contributed by atoms with E-state index in [1.165, 1.54) is 0 Å². The summed E-state index contributed by atoms with van der Waals surface area (Å²) in [5, 5.41) is 2.83. The molecule has 1 aliphatic heterocycles. The molecule has 0 aromatic heterocycles. The number of methoxy groups -OCH3 is 1. The van der Waals surface area contributed by atoms with Crippen molar-refractivity contribution < 1.29 is 14.3 Å². The van der Waals surface area contributed by atoms with Gasteiger partial charge in [0.1, 0.15) is 11.5 Å². The fourth-order valence-corrected chi connectivity index (χ4v) is 2.37. The molecule has 5 heteroatoms. The first-order valence-corrected chi connectivity index (χ1v) is 6.66. The van der Waals surface area contributed by atoms with E-state index in [4.69, 9.17) is 15.2 Å². The zero-order chi connectivity index (χ0) is 14.8. The third-order valence-electron chi connectivity index (χ3n) is 3.42. The van der Waals surface area contributed by atoms with Crippen molar-refractivity contribution in [2.75, 3.05) is 18.2 Å². The van der Waals surface area contributed by atoms with Crippen LogP contribution in [0.15, 0.2) is 42.5 Å². The van der Waals surface area contributed by atoms with Gasteiger partial charge in [-0.2, -0.15) is 0 Å². The number of para-hydroxylation sites is 1. The topological polar surface area (TPSA) is 73.6 Å². The summed E-state index contributed by atoms with van der Waals surface area (Å²) in [7, 11) is 1.61. The zero-order valence-corrected chi connectivity index (χ0v) is 11.6. The Bertz CT molecular complexity index is 685. The van der Waals surface area contributed by atoms with Gasteiger partial charge in [-0.25, -0.2) is 0 Å². The van der Waals surface area contributed by atoms with Gasteiger partial charge in [-0.05, 0) is 23.8 Å². The number of hydrogen-bond acceptors (Lipinski definition) is 4. The molecule has 0 saturated carbocycles. The normalized spacial score (nSPS) is 16.6. The minimum Gasteiger partial charge on any atom is -0.496 e. The summed E-state index contributed by atoms with van der Waals surface area (Å²) in [6.45, 7) is 0. The van der Waals surface area contributed by atoms with E-state index >= 15 is 0 Å². The fourth-order valence-electron chi connectivity index (χ4n) is 2.37. The van der Waals surface area contributed by atoms with Gasteiger partial charge in [0.05, 0.1) is 12.8 Å². The molecule has 1 unspecified atom stereocenters. The fraction of sp³-hybridized carbons (Fsp3) is 0.188. The van der Waals surface area contributed by atoms with Crippen molar-refractivity contribution in [3.8, 4) is 11.5 Å². The van der Waals surface area contributed by atoms with Crippen LogP contribution in [0.4, 0.5) is 11.4 Å². The van der Waals surface area contributed by atoms with Gasteiger partial charge < -0.3 is 20.5 Å². The maximum absolute atomic E-state index is 12.1. The Morgan fingerprint density at radius 1 is 1.29 bits per heavy atom. The van der Waals surface area contributed by atoms with E-state index in [2.05, 4.69) is 5.32 Å². The number of nitrogens with two attached hydrogens (primary N) is 1. The number of fused-ring (bicyclic) bond motifs is 1. The maximum atomic E-state index is 12.1. The quantitative estimate of drug-likeness (QED) is 0.848. The molecule has 3 N–H and O–H groups in total. The number of benzene rings is 2. The summed E-state index contributed by atoms with van der Waals surface area (Å²) >= 11 is 0. The average molecular weight is 284 g/mol. The van der Waals surface area contributed by atoms with Crippen molar-refractivity contribution in [3.63, 3.8) is 0 Å². The van der Waals surface area contributed by atoms with E-state index in [9.17, 15) is 4.79 Å². The molecule has 5 nitrogen and oxygen atoms in total. The van der Waals surface area contributed by atoms with Crippen LogP contribution in [0.2, 0.25) is 0 Å². The van der Waals surface area contributed by atoms with Gasteiger partial charge in [0.15, 0.2) is 6.10 Å². The lowest BCUT2D eigenvalue weighted by Gasteiger charge is -2.26. The molecule has 0 radical (unpaired) electrons. The monoisotopic (exact) mass is 284 g/mol. The third kappa shape index (κ3) is 2.63. The molecule has 1 heterocycles. The lowest BCUT2D eigenvalue weighted by molar-refractivity contribution is -0.123. The summed E-state index contributed by atoms with van der Waals surface area (Å²) in [6.07, 6.45) is -0.167. The molecule has 0 aliphatic carbocycles. The second-order valence-corrected chi connectivity index (χ2v) is 4.87. The predicted molar refractivity (Wildman–Crippen MR) is 80.6 cm³/mol. The smallest absolute Gasteiger partial charge is 0.265 e. The number of rotatable bonds is 3. The first-order chi connectivity index (χ1) is 10.2. The molecular formula is C16H16N2O3. The second-order valence-electron chi connectivity index (χ2n) is 4.87. The Kier molecular flexibility index (Phi) is 3.39. The SMILES string of the molecule is COc1ccccc1CC1Oc2cc(N)ccc2NC1=O. The van der Waals surface area contributed by atoms with E-state index in [-0.39, 0.29) is 5.91 Å². The molecule has 0 fully saturated rings. The zero-order valence-electron chi connectivity index (χ0n) is 11.6. The molecule has 108 valence electrons. The first-order valence-electron chi connectivity index (χ1n) is 6.66. The van der Waals surface area contributed by atoms with E-state index in [0.29, 0.717) is 23.5 Å². The highest BCUT2D eigenvalue weighted by Gasteiger charge is 2.28. The van der Waals surface area contributed by atoms with E-state index in [0.717, 1.165) is 11.3 Å². The number of carbonyl (C=O) groups excluding carboxylic acids is 1. The molecule has 0 spiro atoms. The van der Waals surface area contributed by atoms with E-state index in [1.54, 1.807) is 25.3 Å². The van der Waals surface area contributed by atoms with Crippen LogP contribution in [0, 0.1) is 0 Å². The summed E-state index contributed by atoms with van der Waals surface area (Å²) in [5.41, 5.74) is 7.91. The number of nitrogens with one attached hydrogen (secondary N) is 1. The van der Waals surface area contributed by atoms with Gasteiger partial charge in [-0.15, -0.1) is 0 Å². The molecular weight excluding hydrogens is 268 g/mol. The van der Waals surface area contributed by atoms with Crippen LogP contribution >= 0.6 is 0 Å². The van der Waals surface area contributed by atoms with Crippen LogP contribution in [0.1, 0.15) is 5.56 Å². The highest BCUT2D eigenvalue weighted by atomic mass is 16.5. The highest BCUT2D eigenvalue weighted by Crippen LogP contribution is 2.32. The number of hydrogen-bond donors (Lipinski definition) is 2. The number of anilines is 2. The third-order valence-corrected chi connectivity index (χ3v) is 3.42. The Labute approximate surface area is 122 Å². The van der Waals surface area contributed by atoms with Crippen LogP contribution in [-0.2, 0) is 11.2 Å². The van der Waals surface area contributed by atoms with E-state index in [1.807, 2.05) is 24.3 Å². The van der Waals surface area contributed by atoms with Crippen LogP contribution in [0.25, 0.3) is 0 Å². The van der Waals surface area contributed by atoms with Gasteiger partial charge in [-0.3, -0.25) is 4.79 Å². The Morgan fingerprint density at radius 2 is 2.10 bits per heavy atom. The maximum Gasteiger partial charge on any atom is 0.265 e. The van der Waals surface area contributed by atoms with Gasteiger partial charge in [0.2, 0.25) is 0 Å². The lowest BCUT2D eigenvalue weighted by Crippen LogP contribution is -2.38. The predicted octanol–water partition coefficient (Wildman–Crippen LogP) is 2.22. The van der Waals surface area contributed by atoms with Crippen molar-refractivity contribution in [2.24, 2.45) is 0 Å². The number of carbonyl (C=O) groups is 1. The van der Waals surface area contributed by atoms with Gasteiger partial charge >= 0.3 is 0 Å². The molecule has 1 aliphatic rings. The number of amides is 1. The number of nitrogen functional groups attached to an aromatic ring is 1. The van der Waals surface area contributed by atoms with Crippen molar-refractivity contribution in [1.29, 1.82) is 0 Å². The van der Waals surface area contributed by atoms with Gasteiger partial charge in [-0.1, -0.05) is 18.2 Å². The van der Waals surface area contributed by atoms with Crippen molar-refractivity contribution in [2.45, 2.75) is 12.5 Å². The molecule has 0 bridgehead atoms. The average Bonchev–Trinajstić information content (AvgIpc) is 2.49. The Balaban J connectivity index is 1.85. The Hall–Kier alpha value is -2.69. The molecule has 3 rings (SSSR count). The summed E-state index contributed by atoms with van der Waals surface area (Å²) in [6, 6.07) is 12.8. The lowest BCUT2D eigenvalue weighted by atomic mass is 10.0. The van der Waals surface area contributed by atoms with Gasteiger partial charge in [0, 0.05) is 18.2 Å². The van der Waals surface area contributed by atoms with E-state index < -0.39 is 6.10 Å². The minimum absolute atomic E-state index is 0.168. The van der Waals surface area contributed by atoms with Crippen molar-refractivity contribution in [1.82, 2.24) is 0 Å². The largest absolute Gasteiger partial charge is 0.496 e. The van der Waals surface area contributed by atoms with Crippen LogP contribution < -0.4 is 20.5 Å². The van der Waals surface area contributed by atoms with Crippen LogP contribution in [0.5, 0.6) is 11.5 Å². The first kappa shape index (κ1) is 13.3. The van der Waals surface area contributed by atoms with Gasteiger partial charge in [0.25, 0.3) is 5.91 Å². The van der Waals surface area contributed by atoms with Crippen LogP contribution in [0.3, 0.4) is 0 Å².